The van der Waals surface area contributed by atoms with E-state index in [0.717, 1.165) is 36.9 Å². The van der Waals surface area contributed by atoms with Crippen molar-refractivity contribution >= 4 is 0 Å². The van der Waals surface area contributed by atoms with Crippen molar-refractivity contribution in [1.82, 2.24) is 9.78 Å². The van der Waals surface area contributed by atoms with Gasteiger partial charge in [0.05, 0.1) is 12.1 Å². The molecule has 2 atom stereocenters. The largest absolute Gasteiger partial charge is 0.391 e. The number of aromatic nitrogens is 2. The summed E-state index contributed by atoms with van der Waals surface area (Å²) in [6.45, 7) is 5.99. The van der Waals surface area contributed by atoms with Crippen LogP contribution in [0.2, 0.25) is 0 Å². The van der Waals surface area contributed by atoms with Crippen LogP contribution in [0.4, 0.5) is 0 Å². The van der Waals surface area contributed by atoms with Gasteiger partial charge in [-0.2, -0.15) is 0 Å². The Balaban J connectivity index is 2.39. The minimum Gasteiger partial charge on any atom is -0.391 e. The van der Waals surface area contributed by atoms with Gasteiger partial charge in [0.15, 0.2) is 0 Å². The maximum absolute atomic E-state index is 12.3. The second-order valence-electron chi connectivity index (χ2n) is 5.40. The highest BCUT2D eigenvalue weighted by Gasteiger charge is 2.28. The summed E-state index contributed by atoms with van der Waals surface area (Å²) in [6, 6.07) is -0.0672. The average molecular weight is 238 g/mol. The van der Waals surface area contributed by atoms with E-state index in [0.29, 0.717) is 0 Å². The van der Waals surface area contributed by atoms with E-state index in [1.54, 1.807) is 4.68 Å². The highest BCUT2D eigenvalue weighted by Crippen LogP contribution is 2.28. The third kappa shape index (κ3) is 2.18. The van der Waals surface area contributed by atoms with Crippen molar-refractivity contribution in [3.05, 3.63) is 21.6 Å². The van der Waals surface area contributed by atoms with E-state index in [1.807, 2.05) is 20.8 Å². The van der Waals surface area contributed by atoms with Crippen LogP contribution in [0.1, 0.15) is 62.7 Å². The quantitative estimate of drug-likeness (QED) is 0.828. The van der Waals surface area contributed by atoms with Crippen molar-refractivity contribution < 1.29 is 5.11 Å². The monoisotopic (exact) mass is 238 g/mol. The average Bonchev–Trinajstić information content (AvgIpc) is 2.55. The molecule has 4 nitrogen and oxygen atoms in total. The molecular weight excluding hydrogens is 216 g/mol. The number of aromatic amines is 1. The molecule has 2 rings (SSSR count). The summed E-state index contributed by atoms with van der Waals surface area (Å²) in [4.78, 5) is 12.3. The molecule has 0 aliphatic heterocycles. The molecule has 0 saturated heterocycles. The molecule has 1 aromatic heterocycles. The molecule has 2 unspecified atom stereocenters. The first-order valence-electron chi connectivity index (χ1n) is 6.51. The lowest BCUT2D eigenvalue weighted by molar-refractivity contribution is 0.0676. The van der Waals surface area contributed by atoms with Crippen LogP contribution < -0.4 is 5.56 Å². The molecule has 96 valence electrons. The van der Waals surface area contributed by atoms with Gasteiger partial charge in [-0.1, -0.05) is 26.7 Å². The molecular formula is C13H22N2O2. The number of nitrogens with one attached hydrogen (secondary N) is 1. The van der Waals surface area contributed by atoms with E-state index in [-0.39, 0.29) is 23.6 Å². The number of nitrogens with zero attached hydrogens (tertiary/aromatic N) is 1. The highest BCUT2D eigenvalue weighted by atomic mass is 16.3. The van der Waals surface area contributed by atoms with Gasteiger partial charge in [0.2, 0.25) is 0 Å². The van der Waals surface area contributed by atoms with Gasteiger partial charge in [-0.15, -0.1) is 0 Å². The molecule has 1 aromatic rings. The predicted molar refractivity (Wildman–Crippen MR) is 67.4 cm³/mol. The van der Waals surface area contributed by atoms with Crippen molar-refractivity contribution in [3.8, 4) is 0 Å². The van der Waals surface area contributed by atoms with Crippen LogP contribution in [0.15, 0.2) is 4.79 Å². The molecule has 1 aliphatic rings. The van der Waals surface area contributed by atoms with Crippen molar-refractivity contribution in [3.63, 3.8) is 0 Å². The molecule has 0 bridgehead atoms. The van der Waals surface area contributed by atoms with Crippen LogP contribution in [0.3, 0.4) is 0 Å². The van der Waals surface area contributed by atoms with E-state index in [9.17, 15) is 9.90 Å². The van der Waals surface area contributed by atoms with Gasteiger partial charge in [-0.25, -0.2) is 4.68 Å². The van der Waals surface area contributed by atoms with Gasteiger partial charge in [0.1, 0.15) is 0 Å². The first-order chi connectivity index (χ1) is 8.02. The fourth-order valence-electron chi connectivity index (χ4n) is 2.89. The Morgan fingerprint density at radius 3 is 2.53 bits per heavy atom. The molecule has 1 fully saturated rings. The summed E-state index contributed by atoms with van der Waals surface area (Å²) in [5.41, 5.74) is 1.83. The lowest BCUT2D eigenvalue weighted by atomic mass is 9.93. The molecule has 0 aromatic carbocycles. The molecule has 1 heterocycles. The fourth-order valence-corrected chi connectivity index (χ4v) is 2.89. The van der Waals surface area contributed by atoms with Crippen LogP contribution in [-0.4, -0.2) is 21.0 Å². The van der Waals surface area contributed by atoms with E-state index in [2.05, 4.69) is 5.10 Å². The predicted octanol–water partition coefficient (Wildman–Crippen LogP) is 2.08. The first-order valence-corrected chi connectivity index (χ1v) is 6.51. The first kappa shape index (κ1) is 12.4. The SMILES string of the molecule is Cc1[nH]n(C2CCCCC2O)c(=O)c1C(C)C. The number of hydrogen-bond donors (Lipinski definition) is 2. The Bertz CT molecular complexity index is 445. The Morgan fingerprint density at radius 1 is 1.35 bits per heavy atom. The van der Waals surface area contributed by atoms with E-state index < -0.39 is 0 Å². The zero-order valence-electron chi connectivity index (χ0n) is 10.9. The summed E-state index contributed by atoms with van der Waals surface area (Å²) in [7, 11) is 0. The van der Waals surface area contributed by atoms with Gasteiger partial charge < -0.3 is 5.11 Å². The fraction of sp³-hybridized carbons (Fsp3) is 0.769. The Hall–Kier alpha value is -1.03. The Morgan fingerprint density at radius 2 is 2.00 bits per heavy atom. The number of aliphatic hydroxyl groups is 1. The van der Waals surface area contributed by atoms with Gasteiger partial charge >= 0.3 is 0 Å². The van der Waals surface area contributed by atoms with Crippen molar-refractivity contribution in [2.75, 3.05) is 0 Å². The number of hydrogen-bond acceptors (Lipinski definition) is 2. The lowest BCUT2D eigenvalue weighted by Gasteiger charge is -2.27. The third-order valence-electron chi connectivity index (χ3n) is 3.74. The number of aryl methyl sites for hydroxylation is 1. The van der Waals surface area contributed by atoms with E-state index in [4.69, 9.17) is 0 Å². The smallest absolute Gasteiger partial charge is 0.270 e. The number of H-pyrrole nitrogens is 1. The molecule has 4 heteroatoms. The topological polar surface area (TPSA) is 58.0 Å². The summed E-state index contributed by atoms with van der Waals surface area (Å²) < 4.78 is 1.65. The summed E-state index contributed by atoms with van der Waals surface area (Å²) in [5.74, 6) is 0.223. The summed E-state index contributed by atoms with van der Waals surface area (Å²) in [6.07, 6.45) is 3.44. The highest BCUT2D eigenvalue weighted by molar-refractivity contribution is 5.20. The van der Waals surface area contributed by atoms with Crippen molar-refractivity contribution in [1.29, 1.82) is 0 Å². The second-order valence-corrected chi connectivity index (χ2v) is 5.40. The van der Waals surface area contributed by atoms with Crippen LogP contribution in [-0.2, 0) is 0 Å². The lowest BCUT2D eigenvalue weighted by Crippen LogP contribution is -2.34. The van der Waals surface area contributed by atoms with Crippen LogP contribution in [0.25, 0.3) is 0 Å². The molecule has 17 heavy (non-hydrogen) atoms. The van der Waals surface area contributed by atoms with Crippen LogP contribution in [0.5, 0.6) is 0 Å². The van der Waals surface area contributed by atoms with Gasteiger partial charge in [0.25, 0.3) is 5.56 Å². The van der Waals surface area contributed by atoms with Crippen molar-refractivity contribution in [2.45, 2.75) is 64.5 Å². The third-order valence-corrected chi connectivity index (χ3v) is 3.74. The minimum absolute atomic E-state index is 0.0449. The van der Waals surface area contributed by atoms with Crippen LogP contribution >= 0.6 is 0 Å². The summed E-state index contributed by atoms with van der Waals surface area (Å²) >= 11 is 0. The Labute approximate surface area is 102 Å². The van der Waals surface area contributed by atoms with Crippen LogP contribution in [0, 0.1) is 6.92 Å². The number of aliphatic hydroxyl groups excluding tert-OH is 1. The molecule has 1 aliphatic carbocycles. The molecule has 0 spiro atoms. The Kier molecular flexibility index (Phi) is 3.43. The molecule has 2 N–H and O–H groups in total. The second kappa shape index (κ2) is 4.69. The summed E-state index contributed by atoms with van der Waals surface area (Å²) in [5, 5.41) is 13.1. The van der Waals surface area contributed by atoms with Gasteiger partial charge in [-0.05, 0) is 25.7 Å². The molecule has 0 amide bonds. The molecule has 1 saturated carbocycles. The normalized spacial score (nSPS) is 25.5. The molecule has 0 radical (unpaired) electrons. The zero-order valence-corrected chi connectivity index (χ0v) is 10.9. The zero-order chi connectivity index (χ0) is 12.6. The van der Waals surface area contributed by atoms with E-state index >= 15 is 0 Å². The van der Waals surface area contributed by atoms with Gasteiger partial charge in [0, 0.05) is 11.3 Å². The van der Waals surface area contributed by atoms with E-state index in [1.165, 1.54) is 0 Å². The van der Waals surface area contributed by atoms with Gasteiger partial charge in [-0.3, -0.25) is 9.89 Å². The maximum Gasteiger partial charge on any atom is 0.270 e. The minimum atomic E-state index is -0.389. The standard InChI is InChI=1S/C13H22N2O2/c1-8(2)12-9(3)14-15(13(12)17)10-6-4-5-7-11(10)16/h8,10-11,14,16H,4-7H2,1-3H3. The number of rotatable bonds is 2. The maximum atomic E-state index is 12.3. The van der Waals surface area contributed by atoms with Crippen molar-refractivity contribution in [2.24, 2.45) is 0 Å².